The first kappa shape index (κ1) is 24.5. The van der Waals surface area contributed by atoms with E-state index in [9.17, 15) is 22.8 Å². The number of amides is 1. The third kappa shape index (κ3) is 7.47. The van der Waals surface area contributed by atoms with Gasteiger partial charge in [-0.15, -0.1) is 0 Å². The number of nitrogens with zero attached hydrogens (tertiary/aromatic N) is 2. The quantitative estimate of drug-likeness (QED) is 0.413. The summed E-state index contributed by atoms with van der Waals surface area (Å²) in [5.41, 5.74) is 2.33. The van der Waals surface area contributed by atoms with E-state index in [1.54, 1.807) is 24.4 Å². The van der Waals surface area contributed by atoms with Crippen molar-refractivity contribution in [1.82, 2.24) is 9.88 Å². The number of carbonyl (C=O) groups excluding carboxylic acids is 2. The van der Waals surface area contributed by atoms with E-state index in [0.717, 1.165) is 35.4 Å². The Bertz CT molecular complexity index is 950. The predicted octanol–water partition coefficient (Wildman–Crippen LogP) is 4.11. The number of esters is 1. The smallest absolute Gasteiger partial charge is 0.406 e. The number of hydrogen-bond donors (Lipinski definition) is 0. The SMILES string of the molecule is COC(=O)C[C@@H]1Cc2ccc(OCCCCc3ccccn3)cc2CN(CC(F)(F)F)C1=O. The molecule has 3 rings (SSSR count). The highest BCUT2D eigenvalue weighted by Crippen LogP contribution is 2.30. The number of carbonyl (C=O) groups is 2. The number of alkyl halides is 3. The molecule has 0 unspecified atom stereocenters. The number of unbranched alkanes of at least 4 members (excludes halogenated alkanes) is 1. The minimum absolute atomic E-state index is 0.169. The van der Waals surface area contributed by atoms with Gasteiger partial charge in [-0.05, 0) is 61.1 Å². The van der Waals surface area contributed by atoms with Gasteiger partial charge in [-0.3, -0.25) is 14.6 Å². The lowest BCUT2D eigenvalue weighted by atomic mass is 9.94. The number of halogens is 3. The molecule has 0 fully saturated rings. The molecule has 1 aromatic carbocycles. The fraction of sp³-hybridized carbons (Fsp3) is 0.458. The minimum Gasteiger partial charge on any atom is -0.494 e. The number of fused-ring (bicyclic) bond motifs is 1. The fourth-order valence-corrected chi connectivity index (χ4v) is 3.87. The summed E-state index contributed by atoms with van der Waals surface area (Å²) in [7, 11) is 1.19. The molecule has 2 aromatic rings. The third-order valence-electron chi connectivity index (χ3n) is 5.50. The Morgan fingerprint density at radius 2 is 2.00 bits per heavy atom. The van der Waals surface area contributed by atoms with Gasteiger partial charge < -0.3 is 14.4 Å². The van der Waals surface area contributed by atoms with Gasteiger partial charge in [-0.2, -0.15) is 13.2 Å². The van der Waals surface area contributed by atoms with E-state index in [-0.39, 0.29) is 19.4 Å². The molecule has 0 radical (unpaired) electrons. The number of methoxy groups -OCH3 is 1. The van der Waals surface area contributed by atoms with Crippen LogP contribution in [-0.4, -0.2) is 48.2 Å². The summed E-state index contributed by atoms with van der Waals surface area (Å²) in [5, 5.41) is 0. The topological polar surface area (TPSA) is 68.7 Å². The molecule has 0 saturated heterocycles. The molecular formula is C24H27F3N2O4. The molecular weight excluding hydrogens is 437 g/mol. The van der Waals surface area contributed by atoms with Gasteiger partial charge in [0.25, 0.3) is 0 Å². The molecule has 0 bridgehead atoms. The number of ether oxygens (including phenoxy) is 2. The summed E-state index contributed by atoms with van der Waals surface area (Å²) in [4.78, 5) is 29.5. The lowest BCUT2D eigenvalue weighted by Gasteiger charge is -2.25. The fourth-order valence-electron chi connectivity index (χ4n) is 3.87. The summed E-state index contributed by atoms with van der Waals surface area (Å²) in [6.45, 7) is -1.11. The predicted molar refractivity (Wildman–Crippen MR) is 114 cm³/mol. The first-order valence-corrected chi connectivity index (χ1v) is 10.8. The molecule has 2 heterocycles. The maximum atomic E-state index is 13.1. The monoisotopic (exact) mass is 464 g/mol. The maximum Gasteiger partial charge on any atom is 0.406 e. The van der Waals surface area contributed by atoms with Gasteiger partial charge in [0.1, 0.15) is 12.3 Å². The zero-order valence-electron chi connectivity index (χ0n) is 18.4. The van der Waals surface area contributed by atoms with Gasteiger partial charge in [0.15, 0.2) is 0 Å². The minimum atomic E-state index is -4.54. The lowest BCUT2D eigenvalue weighted by Crippen LogP contribution is -2.41. The van der Waals surface area contributed by atoms with E-state index < -0.39 is 30.5 Å². The number of rotatable bonds is 9. The maximum absolute atomic E-state index is 13.1. The summed E-state index contributed by atoms with van der Waals surface area (Å²) in [6, 6.07) is 11.0. The van der Waals surface area contributed by atoms with E-state index in [0.29, 0.717) is 17.9 Å². The average molecular weight is 464 g/mol. The Kier molecular flexibility index (Phi) is 8.30. The average Bonchev–Trinajstić information content (AvgIpc) is 2.89. The van der Waals surface area contributed by atoms with E-state index >= 15 is 0 Å². The van der Waals surface area contributed by atoms with E-state index in [2.05, 4.69) is 9.72 Å². The number of aromatic nitrogens is 1. The van der Waals surface area contributed by atoms with Crippen molar-refractivity contribution < 1.29 is 32.2 Å². The van der Waals surface area contributed by atoms with Crippen LogP contribution in [0.5, 0.6) is 5.75 Å². The molecule has 0 aliphatic carbocycles. The second kappa shape index (κ2) is 11.2. The van der Waals surface area contributed by atoms with Crippen LogP contribution in [0.4, 0.5) is 13.2 Å². The Hall–Kier alpha value is -3.10. The molecule has 1 aromatic heterocycles. The van der Waals surface area contributed by atoms with Crippen molar-refractivity contribution in [3.05, 3.63) is 59.4 Å². The van der Waals surface area contributed by atoms with Crippen LogP contribution in [0.25, 0.3) is 0 Å². The standard InChI is InChI=1S/C24H27F3N2O4/c1-32-22(30)14-18-12-17-8-9-21(33-11-5-3-7-20-6-2-4-10-28-20)13-19(17)15-29(23(18)31)16-24(25,26)27/h2,4,6,8-10,13,18H,3,5,7,11-12,14-16H2,1H3/t18-/m0/s1. The molecule has 9 heteroatoms. The Balaban J connectivity index is 1.66. The van der Waals surface area contributed by atoms with Crippen molar-refractivity contribution in [2.45, 2.75) is 44.8 Å². The van der Waals surface area contributed by atoms with Crippen LogP contribution < -0.4 is 4.74 Å². The molecule has 0 N–H and O–H groups in total. The van der Waals surface area contributed by atoms with Crippen LogP contribution in [0, 0.1) is 5.92 Å². The Morgan fingerprint density at radius 1 is 1.18 bits per heavy atom. The van der Waals surface area contributed by atoms with Crippen molar-refractivity contribution in [2.24, 2.45) is 5.92 Å². The van der Waals surface area contributed by atoms with E-state index in [4.69, 9.17) is 4.74 Å². The molecule has 178 valence electrons. The van der Waals surface area contributed by atoms with E-state index in [1.807, 2.05) is 18.2 Å². The van der Waals surface area contributed by atoms with Crippen molar-refractivity contribution in [1.29, 1.82) is 0 Å². The summed E-state index contributed by atoms with van der Waals surface area (Å²) >= 11 is 0. The summed E-state index contributed by atoms with van der Waals surface area (Å²) in [6.07, 6.45) is -0.357. The number of pyridine rings is 1. The zero-order valence-corrected chi connectivity index (χ0v) is 18.4. The molecule has 0 spiro atoms. The molecule has 0 saturated carbocycles. The van der Waals surface area contributed by atoms with Crippen molar-refractivity contribution in [2.75, 3.05) is 20.3 Å². The highest BCUT2D eigenvalue weighted by molar-refractivity contribution is 5.84. The second-order valence-electron chi connectivity index (χ2n) is 8.05. The van der Waals surface area contributed by atoms with E-state index in [1.165, 1.54) is 7.11 Å². The van der Waals surface area contributed by atoms with Crippen molar-refractivity contribution in [3.63, 3.8) is 0 Å². The highest BCUT2D eigenvalue weighted by atomic mass is 19.4. The van der Waals surface area contributed by atoms with Crippen LogP contribution in [0.1, 0.15) is 36.1 Å². The van der Waals surface area contributed by atoms with Crippen LogP contribution in [0.3, 0.4) is 0 Å². The van der Waals surface area contributed by atoms with Gasteiger partial charge in [0.2, 0.25) is 5.91 Å². The molecule has 1 amide bonds. The molecule has 33 heavy (non-hydrogen) atoms. The number of aryl methyl sites for hydroxylation is 1. The number of benzene rings is 1. The van der Waals surface area contributed by atoms with Crippen LogP contribution in [0.15, 0.2) is 42.6 Å². The lowest BCUT2D eigenvalue weighted by molar-refractivity contribution is -0.165. The van der Waals surface area contributed by atoms with Crippen molar-refractivity contribution >= 4 is 11.9 Å². The third-order valence-corrected chi connectivity index (χ3v) is 5.50. The van der Waals surface area contributed by atoms with Gasteiger partial charge in [-0.1, -0.05) is 12.1 Å². The summed E-state index contributed by atoms with van der Waals surface area (Å²) in [5.74, 6) is -1.70. The van der Waals surface area contributed by atoms with Gasteiger partial charge >= 0.3 is 12.1 Å². The van der Waals surface area contributed by atoms with Gasteiger partial charge in [0.05, 0.1) is 26.1 Å². The zero-order chi connectivity index (χ0) is 23.8. The van der Waals surface area contributed by atoms with Gasteiger partial charge in [-0.25, -0.2) is 0 Å². The molecule has 1 aliphatic rings. The largest absolute Gasteiger partial charge is 0.494 e. The molecule has 6 nitrogen and oxygen atoms in total. The van der Waals surface area contributed by atoms with Gasteiger partial charge in [0, 0.05) is 18.4 Å². The second-order valence-corrected chi connectivity index (χ2v) is 8.05. The van der Waals surface area contributed by atoms with Crippen molar-refractivity contribution in [3.8, 4) is 5.75 Å². The van der Waals surface area contributed by atoms with Crippen LogP contribution in [-0.2, 0) is 33.7 Å². The first-order valence-electron chi connectivity index (χ1n) is 10.8. The Labute approximate surface area is 190 Å². The highest BCUT2D eigenvalue weighted by Gasteiger charge is 2.38. The molecule has 1 atom stereocenters. The normalized spacial score (nSPS) is 16.2. The Morgan fingerprint density at radius 3 is 2.70 bits per heavy atom. The summed E-state index contributed by atoms with van der Waals surface area (Å²) < 4.78 is 49.7. The van der Waals surface area contributed by atoms with Crippen LogP contribution in [0.2, 0.25) is 0 Å². The number of hydrogen-bond acceptors (Lipinski definition) is 5. The molecule has 1 aliphatic heterocycles. The first-order chi connectivity index (χ1) is 15.7. The van der Waals surface area contributed by atoms with Crippen LogP contribution >= 0.6 is 0 Å².